The number of aryl methyl sites for hydroxylation is 2. The van der Waals surface area contributed by atoms with Crippen molar-refractivity contribution in [1.29, 1.82) is 0 Å². The van der Waals surface area contributed by atoms with Gasteiger partial charge in [0.2, 0.25) is 10.0 Å². The van der Waals surface area contributed by atoms with Crippen molar-refractivity contribution in [2.24, 2.45) is 7.05 Å². The van der Waals surface area contributed by atoms with Crippen LogP contribution in [0.15, 0.2) is 4.90 Å². The van der Waals surface area contributed by atoms with Crippen LogP contribution in [-0.2, 0) is 21.8 Å². The van der Waals surface area contributed by atoms with E-state index in [4.69, 9.17) is 4.74 Å². The van der Waals surface area contributed by atoms with Gasteiger partial charge in [-0.15, -0.1) is 0 Å². The summed E-state index contributed by atoms with van der Waals surface area (Å²) < 4.78 is 34.9. The predicted molar refractivity (Wildman–Crippen MR) is 86.9 cm³/mol. The van der Waals surface area contributed by atoms with Gasteiger partial charge < -0.3 is 4.74 Å². The van der Waals surface area contributed by atoms with Crippen LogP contribution in [0.5, 0.6) is 0 Å². The highest BCUT2D eigenvalue weighted by Crippen LogP contribution is 2.27. The number of aromatic nitrogens is 2. The fraction of sp³-hybridized carbons (Fsp3) is 0.800. The van der Waals surface area contributed by atoms with Crippen molar-refractivity contribution in [2.45, 2.75) is 37.6 Å². The van der Waals surface area contributed by atoms with Crippen LogP contribution in [0.2, 0.25) is 0 Å². The van der Waals surface area contributed by atoms with E-state index in [1.54, 1.807) is 23.0 Å². The molecule has 2 aliphatic rings. The minimum Gasteiger partial charge on any atom is -0.379 e. The molecule has 2 saturated heterocycles. The molecule has 0 radical (unpaired) electrons. The van der Waals surface area contributed by atoms with Crippen molar-refractivity contribution in [3.05, 3.63) is 11.4 Å². The Labute approximate surface area is 138 Å². The third-order valence-corrected chi connectivity index (χ3v) is 7.08. The number of hydrogen-bond donors (Lipinski definition) is 0. The first-order valence-electron chi connectivity index (χ1n) is 8.23. The van der Waals surface area contributed by atoms with Gasteiger partial charge >= 0.3 is 0 Å². The molecule has 0 aromatic carbocycles. The highest BCUT2D eigenvalue weighted by Gasteiger charge is 2.36. The lowest BCUT2D eigenvalue weighted by atomic mass is 10.1. The predicted octanol–water partition coefficient (Wildman–Crippen LogP) is 0.522. The van der Waals surface area contributed by atoms with Gasteiger partial charge in [0.15, 0.2) is 0 Å². The molecule has 130 valence electrons. The Kier molecular flexibility index (Phi) is 4.78. The Bertz CT molecular complexity index is 665. The Morgan fingerprint density at radius 1 is 1.17 bits per heavy atom. The molecular weight excluding hydrogens is 316 g/mol. The Balaban J connectivity index is 1.82. The van der Waals surface area contributed by atoms with Crippen LogP contribution in [0.4, 0.5) is 0 Å². The number of hydrogen-bond acceptors (Lipinski definition) is 5. The number of ether oxygens (including phenoxy) is 1. The topological polar surface area (TPSA) is 67.7 Å². The van der Waals surface area contributed by atoms with Crippen molar-refractivity contribution in [3.63, 3.8) is 0 Å². The number of sulfonamides is 1. The zero-order chi connectivity index (χ0) is 16.6. The molecule has 0 N–H and O–H groups in total. The molecule has 1 unspecified atom stereocenters. The van der Waals surface area contributed by atoms with E-state index in [-0.39, 0.29) is 0 Å². The number of piperidine rings is 1. The van der Waals surface area contributed by atoms with E-state index in [1.807, 2.05) is 6.92 Å². The van der Waals surface area contributed by atoms with Crippen molar-refractivity contribution < 1.29 is 13.2 Å². The Morgan fingerprint density at radius 3 is 2.48 bits per heavy atom. The summed E-state index contributed by atoms with van der Waals surface area (Å²) >= 11 is 0. The standard InChI is InChI=1S/C15H26N4O3S/c1-12-15(13(2)17(3)16-12)23(20,21)19-6-4-5-14(11-19)18-7-9-22-10-8-18/h14H,4-11H2,1-3H3. The van der Waals surface area contributed by atoms with E-state index in [0.29, 0.717) is 35.4 Å². The summed E-state index contributed by atoms with van der Waals surface area (Å²) in [6.45, 7) is 8.01. The third kappa shape index (κ3) is 3.17. The van der Waals surface area contributed by atoms with Crippen molar-refractivity contribution >= 4 is 10.0 Å². The molecule has 0 saturated carbocycles. The second kappa shape index (κ2) is 6.51. The maximum atomic E-state index is 13.1. The molecule has 0 aliphatic carbocycles. The molecule has 0 bridgehead atoms. The van der Waals surface area contributed by atoms with Crippen LogP contribution >= 0.6 is 0 Å². The molecule has 7 nitrogen and oxygen atoms in total. The van der Waals surface area contributed by atoms with Gasteiger partial charge in [0.1, 0.15) is 4.90 Å². The second-order valence-electron chi connectivity index (χ2n) is 6.43. The average molecular weight is 342 g/mol. The maximum Gasteiger partial charge on any atom is 0.246 e. The van der Waals surface area contributed by atoms with E-state index in [9.17, 15) is 8.42 Å². The molecular formula is C15H26N4O3S. The lowest BCUT2D eigenvalue weighted by Crippen LogP contribution is -2.52. The third-order valence-electron chi connectivity index (χ3n) is 4.96. The van der Waals surface area contributed by atoms with Gasteiger partial charge in [-0.05, 0) is 26.7 Å². The van der Waals surface area contributed by atoms with E-state index in [1.165, 1.54) is 0 Å². The first-order valence-corrected chi connectivity index (χ1v) is 9.67. The lowest BCUT2D eigenvalue weighted by molar-refractivity contribution is 0.00537. The number of nitrogens with zero attached hydrogens (tertiary/aromatic N) is 4. The summed E-state index contributed by atoms with van der Waals surface area (Å²) in [7, 11) is -1.70. The summed E-state index contributed by atoms with van der Waals surface area (Å²) in [5, 5.41) is 4.26. The molecule has 23 heavy (non-hydrogen) atoms. The Morgan fingerprint density at radius 2 is 1.87 bits per heavy atom. The highest BCUT2D eigenvalue weighted by molar-refractivity contribution is 7.89. The quantitative estimate of drug-likeness (QED) is 0.801. The van der Waals surface area contributed by atoms with Gasteiger partial charge in [-0.1, -0.05) is 0 Å². The molecule has 8 heteroatoms. The molecule has 1 aromatic heterocycles. The molecule has 0 spiro atoms. The molecule has 0 amide bonds. The SMILES string of the molecule is Cc1nn(C)c(C)c1S(=O)(=O)N1CCCC(N2CCOCC2)C1. The fourth-order valence-electron chi connectivity index (χ4n) is 3.64. The molecule has 3 rings (SSSR count). The van der Waals surface area contributed by atoms with E-state index >= 15 is 0 Å². The average Bonchev–Trinajstić information content (AvgIpc) is 2.81. The minimum absolute atomic E-state index is 0.291. The smallest absolute Gasteiger partial charge is 0.246 e. The van der Waals surface area contributed by atoms with E-state index < -0.39 is 10.0 Å². The van der Waals surface area contributed by atoms with Crippen LogP contribution in [0.25, 0.3) is 0 Å². The molecule has 2 aliphatic heterocycles. The monoisotopic (exact) mass is 342 g/mol. The zero-order valence-electron chi connectivity index (χ0n) is 14.2. The molecule has 1 atom stereocenters. The minimum atomic E-state index is -3.48. The molecule has 2 fully saturated rings. The van der Waals surface area contributed by atoms with Gasteiger partial charge in [0.05, 0.1) is 24.6 Å². The summed E-state index contributed by atoms with van der Waals surface area (Å²) in [5.41, 5.74) is 1.29. The summed E-state index contributed by atoms with van der Waals surface area (Å²) in [6.07, 6.45) is 1.95. The number of morpholine rings is 1. The fourth-order valence-corrected chi connectivity index (χ4v) is 5.55. The number of rotatable bonds is 3. The molecule has 1 aromatic rings. The maximum absolute atomic E-state index is 13.1. The lowest BCUT2D eigenvalue weighted by Gasteiger charge is -2.40. The van der Waals surface area contributed by atoms with Crippen molar-refractivity contribution in [2.75, 3.05) is 39.4 Å². The van der Waals surface area contributed by atoms with Gasteiger partial charge in [-0.2, -0.15) is 9.40 Å². The van der Waals surface area contributed by atoms with Gasteiger partial charge in [0.25, 0.3) is 0 Å². The van der Waals surface area contributed by atoms with Crippen LogP contribution in [0, 0.1) is 13.8 Å². The highest BCUT2D eigenvalue weighted by atomic mass is 32.2. The van der Waals surface area contributed by atoms with Gasteiger partial charge in [0, 0.05) is 39.3 Å². The first-order chi connectivity index (χ1) is 10.9. The summed E-state index contributed by atoms with van der Waals surface area (Å²) in [4.78, 5) is 2.75. The summed E-state index contributed by atoms with van der Waals surface area (Å²) in [5.74, 6) is 0. The first kappa shape index (κ1) is 16.9. The van der Waals surface area contributed by atoms with Gasteiger partial charge in [-0.25, -0.2) is 8.42 Å². The van der Waals surface area contributed by atoms with E-state index in [0.717, 1.165) is 39.1 Å². The van der Waals surface area contributed by atoms with Crippen LogP contribution in [0.1, 0.15) is 24.2 Å². The Hall–Kier alpha value is -0.960. The normalized spacial score (nSPS) is 24.9. The van der Waals surface area contributed by atoms with Crippen molar-refractivity contribution in [3.8, 4) is 0 Å². The second-order valence-corrected chi connectivity index (χ2v) is 8.31. The van der Waals surface area contributed by atoms with Crippen LogP contribution < -0.4 is 0 Å². The van der Waals surface area contributed by atoms with Crippen LogP contribution in [-0.4, -0.2) is 72.8 Å². The zero-order valence-corrected chi connectivity index (χ0v) is 15.0. The summed E-state index contributed by atoms with van der Waals surface area (Å²) in [6, 6.07) is 0.291. The van der Waals surface area contributed by atoms with Crippen molar-refractivity contribution in [1.82, 2.24) is 19.0 Å². The van der Waals surface area contributed by atoms with Crippen LogP contribution in [0.3, 0.4) is 0 Å². The largest absolute Gasteiger partial charge is 0.379 e. The van der Waals surface area contributed by atoms with Gasteiger partial charge in [-0.3, -0.25) is 9.58 Å². The van der Waals surface area contributed by atoms with E-state index in [2.05, 4.69) is 10.00 Å². The molecule has 3 heterocycles.